The van der Waals surface area contributed by atoms with Gasteiger partial charge in [0.15, 0.2) is 0 Å². The van der Waals surface area contributed by atoms with Crippen LogP contribution in [-0.4, -0.2) is 20.0 Å². The summed E-state index contributed by atoms with van der Waals surface area (Å²) in [6, 6.07) is 25.2. The van der Waals surface area contributed by atoms with Crippen LogP contribution in [0.2, 0.25) is 0 Å². The summed E-state index contributed by atoms with van der Waals surface area (Å²) < 4.78 is 3.27. The molecular weight excluding hydrogens is 424 g/mol. The number of carbonyl (C=O) groups excluding carboxylic acids is 1. The van der Waals surface area contributed by atoms with Crippen molar-refractivity contribution in [1.82, 2.24) is 14.1 Å². The molecule has 0 aliphatic rings. The topological polar surface area (TPSA) is 68.9 Å². The molecule has 0 aliphatic carbocycles. The highest BCUT2D eigenvalue weighted by atomic mass is 16.2. The number of nitrogens with one attached hydrogen (secondary N) is 1. The molecule has 0 spiro atoms. The van der Waals surface area contributed by atoms with Crippen molar-refractivity contribution in [3.8, 4) is 22.5 Å². The Morgan fingerprint density at radius 1 is 0.882 bits per heavy atom. The number of aromatic nitrogens is 3. The van der Waals surface area contributed by atoms with E-state index in [9.17, 15) is 9.59 Å². The fraction of sp³-hybridized carbons (Fsp3) is 0.0357. The Kier molecular flexibility index (Phi) is 5.40. The second-order valence-corrected chi connectivity index (χ2v) is 7.97. The molecule has 0 fully saturated rings. The maximum atomic E-state index is 13.7. The van der Waals surface area contributed by atoms with Crippen molar-refractivity contribution in [3.63, 3.8) is 0 Å². The van der Waals surface area contributed by atoms with Crippen molar-refractivity contribution in [2.24, 2.45) is 0 Å². The summed E-state index contributed by atoms with van der Waals surface area (Å²) in [5.41, 5.74) is 6.54. The molecule has 5 rings (SSSR count). The highest BCUT2D eigenvalue weighted by Gasteiger charge is 2.16. The van der Waals surface area contributed by atoms with E-state index in [0.717, 1.165) is 22.3 Å². The van der Waals surface area contributed by atoms with E-state index in [0.29, 0.717) is 16.9 Å². The molecule has 2 aromatic heterocycles. The van der Waals surface area contributed by atoms with Gasteiger partial charge < -0.3 is 5.32 Å². The number of hydrogen-bond donors (Lipinski definition) is 1. The highest BCUT2D eigenvalue weighted by molar-refractivity contribution is 5.99. The number of fused-ring (bicyclic) bond motifs is 1. The molecule has 2 heterocycles. The fourth-order valence-electron chi connectivity index (χ4n) is 4.01. The smallest absolute Gasteiger partial charge is 0.322 e. The van der Waals surface area contributed by atoms with E-state index in [4.69, 9.17) is 0 Å². The molecule has 0 saturated carbocycles. The Bertz CT molecular complexity index is 1580. The number of aryl methyl sites for hydroxylation is 1. The lowest BCUT2D eigenvalue weighted by Crippen LogP contribution is -2.22. The van der Waals surface area contributed by atoms with Gasteiger partial charge in [-0.2, -0.15) is 0 Å². The maximum absolute atomic E-state index is 13.7. The number of nitrogens with zero attached hydrogens (tertiary/aromatic N) is 3. The summed E-state index contributed by atoms with van der Waals surface area (Å²) in [6.07, 6.45) is 4.55. The van der Waals surface area contributed by atoms with Crippen molar-refractivity contribution in [2.75, 3.05) is 5.32 Å². The summed E-state index contributed by atoms with van der Waals surface area (Å²) in [5, 5.41) is 2.74. The standard InChI is InChI=1S/C28H22N4O2/c1-3-27(33)30-22-5-4-6-24(17-22)32-25-15-16-29-18-26(25)31(28(32)34)23-13-11-21(12-14-23)20-9-7-19(2)8-10-20/h3-18H,1H2,2H3,(H,30,33). The zero-order valence-corrected chi connectivity index (χ0v) is 18.6. The van der Waals surface area contributed by atoms with Crippen LogP contribution in [0.3, 0.4) is 0 Å². The molecule has 1 N–H and O–H groups in total. The molecule has 5 aromatic rings. The molecule has 1 amide bonds. The molecule has 34 heavy (non-hydrogen) atoms. The molecule has 6 nitrogen and oxygen atoms in total. The van der Waals surface area contributed by atoms with Gasteiger partial charge in [0.05, 0.1) is 28.6 Å². The van der Waals surface area contributed by atoms with Crippen LogP contribution in [0.5, 0.6) is 0 Å². The summed E-state index contributed by atoms with van der Waals surface area (Å²) in [4.78, 5) is 29.6. The Balaban J connectivity index is 1.62. The predicted molar refractivity (Wildman–Crippen MR) is 136 cm³/mol. The van der Waals surface area contributed by atoms with Crippen LogP contribution in [0.4, 0.5) is 5.69 Å². The van der Waals surface area contributed by atoms with E-state index < -0.39 is 0 Å². The van der Waals surface area contributed by atoms with Gasteiger partial charge in [0.2, 0.25) is 5.91 Å². The molecule has 0 saturated heterocycles. The predicted octanol–water partition coefficient (Wildman–Crippen LogP) is 5.28. The minimum absolute atomic E-state index is 0.224. The second kappa shape index (κ2) is 8.67. The van der Waals surface area contributed by atoms with Crippen molar-refractivity contribution >= 4 is 22.6 Å². The lowest BCUT2D eigenvalue weighted by atomic mass is 10.0. The average Bonchev–Trinajstić information content (AvgIpc) is 3.16. The summed E-state index contributed by atoms with van der Waals surface area (Å²) in [5.74, 6) is -0.315. The minimum Gasteiger partial charge on any atom is -0.322 e. The van der Waals surface area contributed by atoms with Gasteiger partial charge in [-0.3, -0.25) is 18.9 Å². The molecule has 3 aromatic carbocycles. The molecule has 6 heteroatoms. The molecule has 0 bridgehead atoms. The quantitative estimate of drug-likeness (QED) is 0.374. The van der Waals surface area contributed by atoms with E-state index in [1.165, 1.54) is 11.6 Å². The molecular formula is C28H22N4O2. The summed E-state index contributed by atoms with van der Waals surface area (Å²) in [7, 11) is 0. The number of benzene rings is 3. The van der Waals surface area contributed by atoms with Gasteiger partial charge in [-0.1, -0.05) is 54.6 Å². The number of pyridine rings is 1. The first-order chi connectivity index (χ1) is 16.5. The van der Waals surface area contributed by atoms with Gasteiger partial charge in [0, 0.05) is 11.9 Å². The minimum atomic E-state index is -0.315. The van der Waals surface area contributed by atoms with Crippen LogP contribution in [0.25, 0.3) is 33.5 Å². The lowest BCUT2D eigenvalue weighted by Gasteiger charge is -2.07. The van der Waals surface area contributed by atoms with E-state index in [1.54, 1.807) is 39.7 Å². The Morgan fingerprint density at radius 2 is 1.56 bits per heavy atom. The molecule has 0 unspecified atom stereocenters. The number of hydrogen-bond acceptors (Lipinski definition) is 3. The first kappa shape index (κ1) is 21.2. The van der Waals surface area contributed by atoms with Crippen LogP contribution >= 0.6 is 0 Å². The fourth-order valence-corrected chi connectivity index (χ4v) is 4.01. The Labute approximate surface area is 196 Å². The lowest BCUT2D eigenvalue weighted by molar-refractivity contribution is -0.111. The summed E-state index contributed by atoms with van der Waals surface area (Å²) >= 11 is 0. The van der Waals surface area contributed by atoms with E-state index in [-0.39, 0.29) is 11.6 Å². The average molecular weight is 447 g/mol. The molecule has 0 aliphatic heterocycles. The third kappa shape index (κ3) is 3.82. The van der Waals surface area contributed by atoms with Gasteiger partial charge in [-0.15, -0.1) is 0 Å². The SMILES string of the molecule is C=CC(=O)Nc1cccc(-n2c(=O)n(-c3ccc(-c4ccc(C)cc4)cc3)c3cnccc32)c1. The third-order valence-electron chi connectivity index (χ3n) is 5.71. The number of imidazole rings is 1. The van der Waals surface area contributed by atoms with E-state index >= 15 is 0 Å². The van der Waals surface area contributed by atoms with Crippen molar-refractivity contribution in [2.45, 2.75) is 6.92 Å². The van der Waals surface area contributed by atoms with E-state index in [1.807, 2.05) is 36.4 Å². The molecule has 0 radical (unpaired) electrons. The normalized spacial score (nSPS) is 10.9. The van der Waals surface area contributed by atoms with Crippen LogP contribution in [0, 0.1) is 6.92 Å². The zero-order chi connectivity index (χ0) is 23.7. The maximum Gasteiger partial charge on any atom is 0.338 e. The Hall–Kier alpha value is -4.71. The van der Waals surface area contributed by atoms with Crippen molar-refractivity contribution in [3.05, 3.63) is 120 Å². The first-order valence-corrected chi connectivity index (χ1v) is 10.8. The van der Waals surface area contributed by atoms with Crippen LogP contribution in [0.15, 0.2) is 109 Å². The number of amides is 1. The Morgan fingerprint density at radius 3 is 2.26 bits per heavy atom. The van der Waals surface area contributed by atoms with Gasteiger partial charge >= 0.3 is 5.69 Å². The van der Waals surface area contributed by atoms with Crippen LogP contribution < -0.4 is 11.0 Å². The van der Waals surface area contributed by atoms with Gasteiger partial charge in [-0.05, 0) is 60.5 Å². The number of rotatable bonds is 5. The van der Waals surface area contributed by atoms with Crippen molar-refractivity contribution < 1.29 is 4.79 Å². The van der Waals surface area contributed by atoms with E-state index in [2.05, 4.69) is 48.1 Å². The van der Waals surface area contributed by atoms with Gasteiger partial charge in [0.25, 0.3) is 0 Å². The highest BCUT2D eigenvalue weighted by Crippen LogP contribution is 2.25. The van der Waals surface area contributed by atoms with Gasteiger partial charge in [-0.25, -0.2) is 4.79 Å². The molecule has 0 atom stereocenters. The van der Waals surface area contributed by atoms with Crippen LogP contribution in [-0.2, 0) is 4.79 Å². The monoisotopic (exact) mass is 446 g/mol. The number of anilines is 1. The zero-order valence-electron chi connectivity index (χ0n) is 18.6. The van der Waals surface area contributed by atoms with Crippen molar-refractivity contribution in [1.29, 1.82) is 0 Å². The third-order valence-corrected chi connectivity index (χ3v) is 5.71. The number of carbonyl (C=O) groups is 1. The molecule has 166 valence electrons. The van der Waals surface area contributed by atoms with Gasteiger partial charge in [0.1, 0.15) is 0 Å². The largest absolute Gasteiger partial charge is 0.338 e. The van der Waals surface area contributed by atoms with Crippen LogP contribution in [0.1, 0.15) is 5.56 Å². The summed E-state index contributed by atoms with van der Waals surface area (Å²) in [6.45, 7) is 5.54. The first-order valence-electron chi connectivity index (χ1n) is 10.8. The second-order valence-electron chi connectivity index (χ2n) is 7.97.